The van der Waals surface area contributed by atoms with Crippen molar-refractivity contribution >= 4 is 20.5 Å². The Kier molecular flexibility index (Phi) is 11.2. The van der Waals surface area contributed by atoms with Crippen molar-refractivity contribution in [1.82, 2.24) is 10.6 Å². The molecule has 2 amide bonds. The van der Waals surface area contributed by atoms with E-state index < -0.39 is 44.4 Å². The molecule has 0 saturated heterocycles. The van der Waals surface area contributed by atoms with E-state index in [1.807, 2.05) is 13.0 Å². The van der Waals surface area contributed by atoms with Gasteiger partial charge in [0.1, 0.15) is 11.6 Å². The standard InChI is InChI=1S/C25H45N3O6Si/c1-17(34-35(8,9)25(5,6)7)15-27-16-19(29)20(28-23(31)33-24(2,3)4)21(32-22(26)30)18-13-11-10-12-14-18/h10-14,17,19-21,27,29H,15-16H2,1-9H3,(H2,26,30)(H,28,31)/t17-,19+,20-,21?/m0/s1. The van der Waals surface area contributed by atoms with Gasteiger partial charge < -0.3 is 35.4 Å². The highest BCUT2D eigenvalue weighted by molar-refractivity contribution is 6.74. The van der Waals surface area contributed by atoms with E-state index in [1.54, 1.807) is 45.0 Å². The molecule has 0 aliphatic carbocycles. The number of ether oxygens (including phenoxy) is 2. The van der Waals surface area contributed by atoms with Crippen LogP contribution in [-0.4, -0.2) is 62.6 Å². The van der Waals surface area contributed by atoms with Crippen LogP contribution in [0.3, 0.4) is 0 Å². The Morgan fingerprint density at radius 3 is 2.11 bits per heavy atom. The minimum atomic E-state index is -1.94. The summed E-state index contributed by atoms with van der Waals surface area (Å²) >= 11 is 0. The first-order chi connectivity index (χ1) is 15.9. The number of hydrogen-bond acceptors (Lipinski definition) is 7. The first-order valence-corrected chi connectivity index (χ1v) is 14.9. The second-order valence-corrected chi connectivity index (χ2v) is 16.1. The summed E-state index contributed by atoms with van der Waals surface area (Å²) in [6.07, 6.45) is -4.00. The molecule has 1 aromatic rings. The van der Waals surface area contributed by atoms with Crippen LogP contribution in [0.1, 0.15) is 60.1 Å². The number of nitrogens with two attached hydrogens (primary N) is 1. The molecule has 1 aromatic carbocycles. The Morgan fingerprint density at radius 1 is 1.06 bits per heavy atom. The van der Waals surface area contributed by atoms with Crippen LogP contribution >= 0.6 is 0 Å². The first kappa shape index (κ1) is 30.9. The average molecular weight is 512 g/mol. The maximum absolute atomic E-state index is 12.6. The quantitative estimate of drug-likeness (QED) is 0.329. The van der Waals surface area contributed by atoms with Crippen molar-refractivity contribution in [1.29, 1.82) is 0 Å². The van der Waals surface area contributed by atoms with Gasteiger partial charge in [-0.3, -0.25) is 0 Å². The fraction of sp³-hybridized carbons (Fsp3) is 0.680. The number of primary amides is 1. The van der Waals surface area contributed by atoms with Crippen molar-refractivity contribution in [2.75, 3.05) is 13.1 Å². The van der Waals surface area contributed by atoms with E-state index >= 15 is 0 Å². The molecule has 0 aliphatic heterocycles. The molecule has 0 aromatic heterocycles. The molecule has 0 aliphatic rings. The Hall–Kier alpha value is -2.14. The van der Waals surface area contributed by atoms with Crippen LogP contribution in [0.15, 0.2) is 30.3 Å². The summed E-state index contributed by atoms with van der Waals surface area (Å²) in [6, 6.07) is 7.77. The molecule has 0 fully saturated rings. The third kappa shape index (κ3) is 11.0. The number of aliphatic hydroxyl groups is 1. The van der Waals surface area contributed by atoms with Crippen molar-refractivity contribution in [3.8, 4) is 0 Å². The molecule has 0 saturated carbocycles. The second kappa shape index (κ2) is 12.7. The van der Waals surface area contributed by atoms with E-state index in [1.165, 1.54) is 0 Å². The van der Waals surface area contributed by atoms with Crippen LogP contribution in [0.2, 0.25) is 18.1 Å². The summed E-state index contributed by atoms with van der Waals surface area (Å²) in [5, 5.41) is 17.0. The lowest BCUT2D eigenvalue weighted by atomic mass is 9.97. The Labute approximate surface area is 211 Å². The number of nitrogens with one attached hydrogen (secondary N) is 2. The molecule has 5 N–H and O–H groups in total. The van der Waals surface area contributed by atoms with Crippen molar-refractivity contribution in [3.05, 3.63) is 35.9 Å². The number of rotatable bonds is 11. The van der Waals surface area contributed by atoms with Gasteiger partial charge in [0.05, 0.1) is 12.2 Å². The molecular weight excluding hydrogens is 466 g/mol. The molecule has 9 nitrogen and oxygen atoms in total. The van der Waals surface area contributed by atoms with E-state index in [0.717, 1.165) is 0 Å². The summed E-state index contributed by atoms with van der Waals surface area (Å²) in [4.78, 5) is 24.3. The Balaban J connectivity index is 3.00. The van der Waals surface area contributed by atoms with Crippen LogP contribution in [0.5, 0.6) is 0 Å². The van der Waals surface area contributed by atoms with Gasteiger partial charge in [-0.25, -0.2) is 9.59 Å². The van der Waals surface area contributed by atoms with E-state index in [9.17, 15) is 14.7 Å². The number of amides is 2. The van der Waals surface area contributed by atoms with Crippen LogP contribution in [0, 0.1) is 0 Å². The predicted molar refractivity (Wildman–Crippen MR) is 140 cm³/mol. The first-order valence-electron chi connectivity index (χ1n) is 12.0. The molecule has 10 heteroatoms. The minimum Gasteiger partial charge on any atom is -0.444 e. The minimum absolute atomic E-state index is 0.0767. The molecule has 0 heterocycles. The van der Waals surface area contributed by atoms with Gasteiger partial charge in [-0.1, -0.05) is 51.1 Å². The molecule has 0 radical (unpaired) electrons. The van der Waals surface area contributed by atoms with Gasteiger partial charge in [0, 0.05) is 13.1 Å². The topological polar surface area (TPSA) is 132 Å². The highest BCUT2D eigenvalue weighted by Crippen LogP contribution is 2.37. The van der Waals surface area contributed by atoms with E-state index in [0.29, 0.717) is 12.1 Å². The molecule has 1 unspecified atom stereocenters. The van der Waals surface area contributed by atoms with Gasteiger partial charge in [0.25, 0.3) is 0 Å². The summed E-state index contributed by atoms with van der Waals surface area (Å²) < 4.78 is 17.1. The molecular formula is C25H45N3O6Si. The third-order valence-electron chi connectivity index (χ3n) is 5.88. The third-order valence-corrected chi connectivity index (χ3v) is 10.5. The van der Waals surface area contributed by atoms with E-state index in [2.05, 4.69) is 44.5 Å². The largest absolute Gasteiger partial charge is 0.444 e. The zero-order valence-electron chi connectivity index (χ0n) is 22.7. The fourth-order valence-corrected chi connectivity index (χ4v) is 4.66. The van der Waals surface area contributed by atoms with Gasteiger partial charge in [-0.05, 0) is 51.4 Å². The van der Waals surface area contributed by atoms with Gasteiger partial charge in [0.15, 0.2) is 14.4 Å². The van der Waals surface area contributed by atoms with E-state index in [-0.39, 0.29) is 17.7 Å². The van der Waals surface area contributed by atoms with Crippen LogP contribution < -0.4 is 16.4 Å². The Bertz CT molecular complexity index is 808. The van der Waals surface area contributed by atoms with Gasteiger partial charge in [-0.2, -0.15) is 0 Å². The van der Waals surface area contributed by atoms with E-state index in [4.69, 9.17) is 19.6 Å². The number of alkyl carbamates (subject to hydrolysis) is 1. The lowest BCUT2D eigenvalue weighted by Gasteiger charge is -2.38. The smallest absolute Gasteiger partial charge is 0.408 e. The number of carbonyl (C=O) groups is 2. The molecule has 1 rings (SSSR count). The average Bonchev–Trinajstić information content (AvgIpc) is 2.68. The maximum Gasteiger partial charge on any atom is 0.408 e. The lowest BCUT2D eigenvalue weighted by Crippen LogP contribution is -2.53. The van der Waals surface area contributed by atoms with Gasteiger partial charge in [-0.15, -0.1) is 0 Å². The monoisotopic (exact) mass is 511 g/mol. The normalized spacial score (nSPS) is 16.1. The molecule has 0 spiro atoms. The zero-order valence-corrected chi connectivity index (χ0v) is 23.7. The zero-order chi connectivity index (χ0) is 27.0. The number of benzene rings is 1. The predicted octanol–water partition coefficient (Wildman–Crippen LogP) is 4.08. The lowest BCUT2D eigenvalue weighted by molar-refractivity contribution is 0.00709. The van der Waals surface area contributed by atoms with Gasteiger partial charge in [0.2, 0.25) is 0 Å². The van der Waals surface area contributed by atoms with Crippen molar-refractivity contribution in [2.45, 2.75) is 96.6 Å². The number of aliphatic hydroxyl groups excluding tert-OH is 1. The SMILES string of the molecule is C[C@@H](CNC[C@@H](O)[C@H](NC(=O)OC(C)(C)C)C(OC(N)=O)c1ccccc1)O[Si](C)(C)C(C)(C)C. The number of hydrogen-bond donors (Lipinski definition) is 4. The van der Waals surface area contributed by atoms with Gasteiger partial charge >= 0.3 is 12.2 Å². The van der Waals surface area contributed by atoms with Crippen LogP contribution in [-0.2, 0) is 13.9 Å². The summed E-state index contributed by atoms with van der Waals surface area (Å²) in [5.74, 6) is 0. The molecule has 4 atom stereocenters. The molecule has 0 bridgehead atoms. The van der Waals surface area contributed by atoms with Crippen LogP contribution in [0.25, 0.3) is 0 Å². The fourth-order valence-electron chi connectivity index (χ4n) is 3.22. The highest BCUT2D eigenvalue weighted by Gasteiger charge is 2.39. The maximum atomic E-state index is 12.6. The number of carbonyl (C=O) groups excluding carboxylic acids is 2. The van der Waals surface area contributed by atoms with Crippen molar-refractivity contribution in [3.63, 3.8) is 0 Å². The Morgan fingerprint density at radius 2 is 1.63 bits per heavy atom. The van der Waals surface area contributed by atoms with Crippen LogP contribution in [0.4, 0.5) is 9.59 Å². The highest BCUT2D eigenvalue weighted by atomic mass is 28.4. The summed E-state index contributed by atoms with van der Waals surface area (Å²) in [5.41, 5.74) is 5.14. The molecule has 200 valence electrons. The second-order valence-electron chi connectivity index (χ2n) is 11.4. The van der Waals surface area contributed by atoms with Crippen molar-refractivity contribution in [2.24, 2.45) is 5.73 Å². The van der Waals surface area contributed by atoms with Crippen molar-refractivity contribution < 1.29 is 28.6 Å². The summed E-state index contributed by atoms with van der Waals surface area (Å²) in [6.45, 7) is 18.7. The summed E-state index contributed by atoms with van der Waals surface area (Å²) in [7, 11) is -1.94. The molecule has 35 heavy (non-hydrogen) atoms.